The average Bonchev–Trinajstić information content (AvgIpc) is 4.07. The number of benzene rings is 12. The number of aromatic nitrogens is 1. The summed E-state index contributed by atoms with van der Waals surface area (Å²) < 4.78 is 2.53. The molecule has 0 N–H and O–H groups in total. The van der Waals surface area contributed by atoms with Gasteiger partial charge in [0.15, 0.2) is 16.1 Å². The van der Waals surface area contributed by atoms with E-state index in [2.05, 4.69) is 328 Å². The Hall–Kier alpha value is -9.13. The van der Waals surface area contributed by atoms with Crippen LogP contribution in [-0.4, -0.2) is 20.7 Å². The second-order valence-electron chi connectivity index (χ2n) is 21.7. The van der Waals surface area contributed by atoms with Crippen LogP contribution in [0.25, 0.3) is 60.9 Å². The Morgan fingerprint density at radius 3 is 0.950 bits per heavy atom. The molecule has 0 saturated heterocycles. The Morgan fingerprint density at radius 1 is 0.275 bits per heavy atom. The van der Waals surface area contributed by atoms with E-state index in [4.69, 9.17) is 0 Å². The summed E-state index contributed by atoms with van der Waals surface area (Å²) in [4.78, 5) is 0. The Morgan fingerprint density at radius 2 is 0.588 bits per heavy atom. The highest BCUT2D eigenvalue weighted by Gasteiger charge is 2.43. The van der Waals surface area contributed by atoms with Crippen molar-refractivity contribution < 1.29 is 0 Å². The number of hydrogen-bond acceptors (Lipinski definition) is 0. The zero-order valence-corrected chi connectivity index (χ0v) is 47.3. The Bertz CT molecular complexity index is 3900. The molecule has 12 aromatic carbocycles. The fourth-order valence-electron chi connectivity index (χ4n) is 14.2. The first-order chi connectivity index (χ1) is 39.6. The van der Waals surface area contributed by atoms with Gasteiger partial charge in [-0.05, 0) is 135 Å². The van der Waals surface area contributed by atoms with E-state index < -0.39 is 16.1 Å². The van der Waals surface area contributed by atoms with Crippen molar-refractivity contribution >= 4 is 79.4 Å². The van der Waals surface area contributed by atoms with Crippen LogP contribution in [-0.2, 0) is 5.41 Å². The molecule has 0 bridgehead atoms. The summed E-state index contributed by atoms with van der Waals surface area (Å²) in [7, 11) is -5.38. The first-order valence-corrected chi connectivity index (χ1v) is 32.4. The molecule has 3 heteroatoms. The smallest absolute Gasteiger partial charge is 0.179 e. The lowest BCUT2D eigenvalue weighted by Crippen LogP contribution is -2.74. The van der Waals surface area contributed by atoms with Gasteiger partial charge in [0, 0.05) is 21.9 Å². The Balaban J connectivity index is 0.936. The van der Waals surface area contributed by atoms with Crippen LogP contribution < -0.4 is 41.5 Å². The second-order valence-corrected chi connectivity index (χ2v) is 29.3. The van der Waals surface area contributed by atoms with Gasteiger partial charge in [-0.2, -0.15) is 0 Å². The first kappa shape index (κ1) is 49.2. The Labute approximate surface area is 472 Å². The van der Waals surface area contributed by atoms with Gasteiger partial charge >= 0.3 is 0 Å². The van der Waals surface area contributed by atoms with Crippen LogP contribution in [0.2, 0.25) is 0 Å². The minimum absolute atomic E-state index is 0.0384. The molecule has 1 aliphatic carbocycles. The normalized spacial score (nSPS) is 12.8. The highest BCUT2D eigenvalue weighted by molar-refractivity contribution is 7.20. The van der Waals surface area contributed by atoms with E-state index in [1.165, 1.54) is 113 Å². The summed E-state index contributed by atoms with van der Waals surface area (Å²) in [6, 6.07) is 117. The molecule has 0 saturated carbocycles. The largest absolute Gasteiger partial charge is 0.309 e. The van der Waals surface area contributed by atoms with E-state index >= 15 is 0 Å². The lowest BCUT2D eigenvalue weighted by atomic mass is 9.74. The maximum atomic E-state index is 2.53. The molecule has 1 heterocycles. The zero-order chi connectivity index (χ0) is 53.7. The molecule has 0 amide bonds. The lowest BCUT2D eigenvalue weighted by Gasteiger charge is -2.34. The molecular formula is C77H61NSi2. The Kier molecular flexibility index (Phi) is 12.5. The monoisotopic (exact) mass is 1060 g/mol. The highest BCUT2D eigenvalue weighted by Crippen LogP contribution is 2.53. The van der Waals surface area contributed by atoms with Gasteiger partial charge in [0.2, 0.25) is 0 Å². The molecule has 0 unspecified atom stereocenters. The summed E-state index contributed by atoms with van der Waals surface area (Å²) in [6.07, 6.45) is 2.09. The van der Waals surface area contributed by atoms with E-state index in [9.17, 15) is 0 Å². The number of hydrogen-bond donors (Lipinski definition) is 0. The predicted octanol–water partition coefficient (Wildman–Crippen LogP) is 14.0. The van der Waals surface area contributed by atoms with Gasteiger partial charge in [0.1, 0.15) is 0 Å². The maximum absolute atomic E-state index is 2.69. The van der Waals surface area contributed by atoms with E-state index in [1.807, 2.05) is 0 Å². The van der Waals surface area contributed by atoms with E-state index in [-0.39, 0.29) is 5.41 Å². The van der Waals surface area contributed by atoms with Crippen LogP contribution in [0.4, 0.5) is 0 Å². The number of rotatable bonds is 13. The summed E-state index contributed by atoms with van der Waals surface area (Å²) >= 11 is 0. The van der Waals surface area contributed by atoms with Crippen molar-refractivity contribution in [1.29, 1.82) is 0 Å². The van der Waals surface area contributed by atoms with Gasteiger partial charge in [-0.1, -0.05) is 287 Å². The molecule has 0 aliphatic heterocycles. The van der Waals surface area contributed by atoms with Gasteiger partial charge in [-0.3, -0.25) is 0 Å². The molecule has 1 aromatic heterocycles. The molecule has 0 spiro atoms. The molecule has 0 fully saturated rings. The fourth-order valence-corrected chi connectivity index (χ4v) is 23.7. The van der Waals surface area contributed by atoms with Crippen molar-refractivity contribution in [3.8, 4) is 39.1 Å². The van der Waals surface area contributed by atoms with Crippen LogP contribution in [0.5, 0.6) is 0 Å². The van der Waals surface area contributed by atoms with E-state index in [0.717, 1.165) is 12.8 Å². The molecule has 13 aromatic rings. The van der Waals surface area contributed by atoms with Crippen molar-refractivity contribution in [3.63, 3.8) is 0 Å². The molecule has 1 aliphatic rings. The second kappa shape index (κ2) is 20.3. The summed E-state index contributed by atoms with van der Waals surface area (Å²) in [5.74, 6) is 0. The van der Waals surface area contributed by atoms with Crippen LogP contribution in [0.3, 0.4) is 0 Å². The molecular weight excluding hydrogens is 995 g/mol. The number of fused-ring (bicyclic) bond motifs is 6. The minimum atomic E-state index is -2.69. The third-order valence-electron chi connectivity index (χ3n) is 18.0. The SMILES string of the molecule is CCC1(CC)c2ccccc2-c2ccc(-n3c4ccc(-c5ccc([Si](c6ccccc6)(c6ccccc6)c6ccccc6)cc5)cc4c4cc(-c5ccc([Si](c6ccccc6)(c6ccccc6)c6ccccc6)cc5)ccc43)cc21. The van der Waals surface area contributed by atoms with Crippen LogP contribution >= 0.6 is 0 Å². The van der Waals surface area contributed by atoms with E-state index in [0.29, 0.717) is 0 Å². The summed E-state index contributed by atoms with van der Waals surface area (Å²) in [6.45, 7) is 4.73. The van der Waals surface area contributed by atoms with Crippen molar-refractivity contribution in [1.82, 2.24) is 4.57 Å². The third-order valence-corrected chi connectivity index (χ3v) is 27.6. The first-order valence-electron chi connectivity index (χ1n) is 28.4. The fraction of sp³-hybridized carbons (Fsp3) is 0.0649. The average molecular weight is 1060 g/mol. The third kappa shape index (κ3) is 7.71. The molecule has 382 valence electrons. The molecule has 1 nitrogen and oxygen atoms in total. The van der Waals surface area contributed by atoms with Gasteiger partial charge in [0.05, 0.1) is 11.0 Å². The summed E-state index contributed by atoms with van der Waals surface area (Å²) in [5, 5.41) is 13.5. The van der Waals surface area contributed by atoms with Crippen LogP contribution in [0.1, 0.15) is 37.8 Å². The molecule has 14 rings (SSSR count). The van der Waals surface area contributed by atoms with Crippen LogP contribution in [0.15, 0.2) is 309 Å². The van der Waals surface area contributed by atoms with Gasteiger partial charge in [0.25, 0.3) is 0 Å². The van der Waals surface area contributed by atoms with Gasteiger partial charge < -0.3 is 4.57 Å². The topological polar surface area (TPSA) is 4.93 Å². The quantitative estimate of drug-likeness (QED) is 0.0801. The number of nitrogens with zero attached hydrogens (tertiary/aromatic N) is 1. The van der Waals surface area contributed by atoms with Crippen molar-refractivity contribution in [2.24, 2.45) is 0 Å². The van der Waals surface area contributed by atoms with Gasteiger partial charge in [-0.15, -0.1) is 0 Å². The zero-order valence-electron chi connectivity index (χ0n) is 45.3. The highest BCUT2D eigenvalue weighted by atomic mass is 28.3. The van der Waals surface area contributed by atoms with Crippen molar-refractivity contribution in [2.75, 3.05) is 0 Å². The van der Waals surface area contributed by atoms with E-state index in [1.54, 1.807) is 0 Å². The summed E-state index contributed by atoms with van der Waals surface area (Å²) in [5.41, 5.74) is 14.0. The maximum Gasteiger partial charge on any atom is 0.179 e. The molecule has 80 heavy (non-hydrogen) atoms. The standard InChI is InChI=1S/C77H61NSi2/c1-3-77(4-2)73-38-24-23-37-69(73)70-50-45-60(55-74(70)77)78-75-51-43-58(56-39-46-67(47-40-56)79(61-25-11-5-12-26-61,62-27-13-6-14-28-62)63-29-15-7-16-30-63)53-71(75)72-54-59(44-52-76(72)78)57-41-48-68(49-42-57)80(64-31-17-8-18-32-64,65-33-19-9-20-34-65)66-35-21-10-22-36-66/h5-55H,3-4H2,1-2H3. The van der Waals surface area contributed by atoms with Crippen molar-refractivity contribution in [3.05, 3.63) is 321 Å². The van der Waals surface area contributed by atoms with Crippen LogP contribution in [0, 0.1) is 0 Å². The minimum Gasteiger partial charge on any atom is -0.309 e. The lowest BCUT2D eigenvalue weighted by molar-refractivity contribution is 0.490. The molecule has 0 atom stereocenters. The molecule has 0 radical (unpaired) electrons. The van der Waals surface area contributed by atoms with Crippen molar-refractivity contribution in [2.45, 2.75) is 32.1 Å². The van der Waals surface area contributed by atoms with Gasteiger partial charge in [-0.25, -0.2) is 0 Å². The predicted molar refractivity (Wildman–Crippen MR) is 346 cm³/mol.